The largest absolute Gasteiger partial charge is 0.387 e. The third kappa shape index (κ3) is 7.83. The molecule has 1 aliphatic rings. The van der Waals surface area contributed by atoms with Gasteiger partial charge in [0.1, 0.15) is 34.2 Å². The van der Waals surface area contributed by atoms with Gasteiger partial charge in [0.15, 0.2) is 17.8 Å². The Hall–Kier alpha value is -1.96. The topological polar surface area (TPSA) is 196 Å². The van der Waals surface area contributed by atoms with Gasteiger partial charge in [0.05, 0.1) is 29.9 Å². The van der Waals surface area contributed by atoms with E-state index in [-0.39, 0.29) is 34.0 Å². The third-order valence-corrected chi connectivity index (χ3v) is 11.0. The van der Waals surface area contributed by atoms with Gasteiger partial charge in [0.25, 0.3) is 0 Å². The maximum absolute atomic E-state index is 14.5. The lowest BCUT2D eigenvalue weighted by atomic mass is 10.1. The monoisotopic (exact) mass is 706 g/mol. The first-order valence-corrected chi connectivity index (χ1v) is 17.6. The molecule has 23 heteroatoms. The molecule has 0 bridgehead atoms. The second-order valence-corrected chi connectivity index (χ2v) is 16.4. The van der Waals surface area contributed by atoms with Crippen molar-refractivity contribution in [2.24, 2.45) is 0 Å². The van der Waals surface area contributed by atoms with E-state index in [2.05, 4.69) is 19.9 Å². The van der Waals surface area contributed by atoms with Crippen LogP contribution in [0.5, 0.6) is 0 Å². The molecule has 2 aromatic heterocycles. The molecule has 43 heavy (non-hydrogen) atoms. The molecule has 2 unspecified atom stereocenters. The predicted octanol–water partition coefficient (Wildman–Crippen LogP) is 5.01. The molecule has 1 aliphatic heterocycles. The number of ether oxygens (including phenoxy) is 1. The minimum atomic E-state index is -10.1. The molecule has 3 aromatic rings. The van der Waals surface area contributed by atoms with Gasteiger partial charge in [-0.3, -0.25) is 9.13 Å². The first kappa shape index (κ1) is 33.9. The van der Waals surface area contributed by atoms with Crippen LogP contribution < -0.4 is 5.32 Å². The van der Waals surface area contributed by atoms with Crippen LogP contribution >= 0.6 is 37.0 Å². The lowest BCUT2D eigenvalue weighted by Gasteiger charge is -2.40. The molecule has 0 amide bonds. The van der Waals surface area contributed by atoms with E-state index in [1.807, 2.05) is 0 Å². The number of aromatic nitrogens is 3. The van der Waals surface area contributed by atoms with E-state index in [1.165, 1.54) is 19.2 Å². The number of halogens is 7. The Labute approximate surface area is 242 Å². The van der Waals surface area contributed by atoms with Gasteiger partial charge in [-0.25, -0.2) is 14.1 Å². The van der Waals surface area contributed by atoms with Crippen LogP contribution in [0.1, 0.15) is 24.8 Å². The first-order valence-electron chi connectivity index (χ1n) is 11.7. The fourth-order valence-corrected chi connectivity index (χ4v) is 7.65. The Kier molecular flexibility index (Phi) is 8.33. The Morgan fingerprint density at radius 3 is 2.37 bits per heavy atom. The van der Waals surface area contributed by atoms with Crippen molar-refractivity contribution in [3.63, 3.8) is 0 Å². The van der Waals surface area contributed by atoms with E-state index >= 15 is 0 Å². The van der Waals surface area contributed by atoms with Crippen molar-refractivity contribution in [2.75, 3.05) is 17.8 Å². The number of hydrogen-bond donors (Lipinski definition) is 6. The van der Waals surface area contributed by atoms with Gasteiger partial charge in [-0.1, -0.05) is 37.1 Å². The van der Waals surface area contributed by atoms with Gasteiger partial charge in [-0.15, -0.1) is 0 Å². The SMILES string of the molecule is C[C@@H](Nc1cc(Cl)nc2c1cnn2[C@@H]1O[C@H](COP(=O)(O)CP(=O)(O)O)[C@H](O)C1O)c1ccc(S(F)(F)(F)(F)F)cc1F. The van der Waals surface area contributed by atoms with Gasteiger partial charge in [-0.05, 0) is 25.1 Å². The van der Waals surface area contributed by atoms with Crippen LogP contribution in [0.4, 0.5) is 29.5 Å². The second kappa shape index (κ2) is 10.6. The molecule has 1 fully saturated rings. The lowest BCUT2D eigenvalue weighted by Crippen LogP contribution is -2.33. The highest BCUT2D eigenvalue weighted by Crippen LogP contribution is 3.02. The van der Waals surface area contributed by atoms with Gasteiger partial charge >= 0.3 is 25.4 Å². The van der Waals surface area contributed by atoms with E-state index in [0.717, 1.165) is 4.68 Å². The van der Waals surface area contributed by atoms with Crippen LogP contribution in [0.3, 0.4) is 0 Å². The summed E-state index contributed by atoms with van der Waals surface area (Å²) in [5, 5.41) is 27.7. The number of pyridine rings is 1. The molecule has 4 rings (SSSR count). The summed E-state index contributed by atoms with van der Waals surface area (Å²) < 4.78 is 114. The summed E-state index contributed by atoms with van der Waals surface area (Å²) in [7, 11) is -19.9. The summed E-state index contributed by atoms with van der Waals surface area (Å²) in [4.78, 5) is 29.1. The fourth-order valence-electron chi connectivity index (χ4n) is 4.24. The summed E-state index contributed by atoms with van der Waals surface area (Å²) in [6.07, 6.45) is -5.29. The Morgan fingerprint density at radius 2 is 1.79 bits per heavy atom. The van der Waals surface area contributed by atoms with E-state index in [9.17, 15) is 48.1 Å². The molecule has 0 aliphatic carbocycles. The average molecular weight is 707 g/mol. The van der Waals surface area contributed by atoms with Gasteiger partial charge in [0, 0.05) is 5.56 Å². The van der Waals surface area contributed by atoms with Gasteiger partial charge in [-0.2, -0.15) is 5.10 Å². The molecule has 3 heterocycles. The van der Waals surface area contributed by atoms with E-state index < -0.39 is 84.8 Å². The predicted molar refractivity (Wildman–Crippen MR) is 141 cm³/mol. The van der Waals surface area contributed by atoms with Crippen LogP contribution in [0, 0.1) is 5.82 Å². The quantitative estimate of drug-likeness (QED) is 0.0938. The zero-order valence-electron chi connectivity index (χ0n) is 21.3. The van der Waals surface area contributed by atoms with Crippen molar-refractivity contribution < 1.29 is 67.1 Å². The highest BCUT2D eigenvalue weighted by atomic mass is 35.5. The minimum absolute atomic E-state index is 0.0669. The first-order chi connectivity index (χ1) is 19.3. The van der Waals surface area contributed by atoms with Crippen molar-refractivity contribution in [1.29, 1.82) is 0 Å². The van der Waals surface area contributed by atoms with Crippen LogP contribution in [-0.4, -0.2) is 70.5 Å². The van der Waals surface area contributed by atoms with E-state index in [4.69, 9.17) is 26.1 Å². The van der Waals surface area contributed by atoms with Crippen LogP contribution in [-0.2, 0) is 18.4 Å². The highest BCUT2D eigenvalue weighted by Gasteiger charge is 2.65. The van der Waals surface area contributed by atoms with Crippen molar-refractivity contribution in [3.05, 3.63) is 47.0 Å². The standard InChI is InChI=1S/C20H23ClF6N4O9P2S/c1-9(11-3-2-10(4-13(11)22)43(23,24,25,26)27)29-14-5-16(21)30-19-12(14)6-28-31(19)20-18(33)17(32)15(40-20)7-39-42(37,38)8-41(34,35)36/h2-6,9,15,17-18,20,32-33H,7-8H2,1H3,(H,29,30)(H,37,38)(H2,34,35,36)/t9-,15-,17+,18?,20-/m1/s1. The number of benzene rings is 1. The van der Waals surface area contributed by atoms with Crippen molar-refractivity contribution in [3.8, 4) is 0 Å². The summed E-state index contributed by atoms with van der Waals surface area (Å²) in [5.41, 5.74) is -0.401. The van der Waals surface area contributed by atoms with E-state index in [1.54, 1.807) is 0 Å². The molecule has 0 radical (unpaired) electrons. The Balaban J connectivity index is 1.57. The number of aliphatic hydroxyl groups is 2. The number of rotatable bonds is 10. The van der Waals surface area contributed by atoms with E-state index in [0.29, 0.717) is 6.07 Å². The number of nitrogens with zero attached hydrogens (tertiary/aromatic N) is 3. The zero-order chi connectivity index (χ0) is 32.4. The molecule has 6 atom stereocenters. The average Bonchev–Trinajstić information content (AvgIpc) is 3.35. The third-order valence-electron chi connectivity index (χ3n) is 6.17. The Morgan fingerprint density at radius 1 is 1.14 bits per heavy atom. The molecule has 1 aromatic carbocycles. The molecule has 242 valence electrons. The van der Waals surface area contributed by atoms with Crippen LogP contribution in [0.15, 0.2) is 35.4 Å². The molecule has 0 saturated carbocycles. The number of anilines is 1. The lowest BCUT2D eigenvalue weighted by molar-refractivity contribution is -0.0541. The summed E-state index contributed by atoms with van der Waals surface area (Å²) in [6.45, 7) is 0.450. The number of fused-ring (bicyclic) bond motifs is 1. The summed E-state index contributed by atoms with van der Waals surface area (Å²) in [5.74, 6) is -3.06. The van der Waals surface area contributed by atoms with Crippen LogP contribution in [0.25, 0.3) is 11.0 Å². The normalized spacial score (nSPS) is 25.2. The molecule has 1 saturated heterocycles. The summed E-state index contributed by atoms with van der Waals surface area (Å²) >= 11 is 6.10. The molecular formula is C20H23ClF6N4O9P2S. The molecule has 6 N–H and O–H groups in total. The van der Waals surface area contributed by atoms with Crippen molar-refractivity contribution >= 4 is 53.7 Å². The highest BCUT2D eigenvalue weighted by molar-refractivity contribution is 8.45. The van der Waals surface area contributed by atoms with Crippen molar-refractivity contribution in [1.82, 2.24) is 14.8 Å². The maximum atomic E-state index is 14.5. The Bertz CT molecular complexity index is 1660. The molecular weight excluding hydrogens is 684 g/mol. The number of aliphatic hydroxyl groups excluding tert-OH is 2. The number of nitrogens with one attached hydrogen (secondary N) is 1. The number of hydrogen-bond acceptors (Lipinski definition) is 9. The van der Waals surface area contributed by atoms with Crippen molar-refractivity contribution in [2.45, 2.75) is 42.4 Å². The zero-order valence-corrected chi connectivity index (χ0v) is 24.7. The van der Waals surface area contributed by atoms with Gasteiger partial charge in [0.2, 0.25) is 0 Å². The minimum Gasteiger partial charge on any atom is -0.387 e. The van der Waals surface area contributed by atoms with Gasteiger partial charge < -0.3 is 39.5 Å². The summed E-state index contributed by atoms with van der Waals surface area (Å²) in [6, 6.07) is 0.453. The molecule has 0 spiro atoms. The fraction of sp³-hybridized carbons (Fsp3) is 0.400. The smallest absolute Gasteiger partial charge is 0.340 e. The van der Waals surface area contributed by atoms with Crippen LogP contribution in [0.2, 0.25) is 5.15 Å². The molecule has 13 nitrogen and oxygen atoms in total. The second-order valence-electron chi connectivity index (χ2n) is 9.62. The maximum Gasteiger partial charge on any atom is 0.340 e.